The van der Waals surface area contributed by atoms with Crippen molar-refractivity contribution in [3.05, 3.63) is 94.3 Å². The molecule has 2 saturated heterocycles. The average Bonchev–Trinajstić information content (AvgIpc) is 3.38. The van der Waals surface area contributed by atoms with Crippen molar-refractivity contribution in [2.75, 3.05) is 51.6 Å². The summed E-state index contributed by atoms with van der Waals surface area (Å²) in [5.41, 5.74) is 0.322. The molecular weight excluding hydrogens is 633 g/mol. The second-order valence-electron chi connectivity index (χ2n) is 12.3. The molecule has 0 bridgehead atoms. The Morgan fingerprint density at radius 3 is 2.43 bits per heavy atom. The van der Waals surface area contributed by atoms with Crippen molar-refractivity contribution in [2.24, 2.45) is 4.99 Å². The van der Waals surface area contributed by atoms with E-state index in [1.807, 2.05) is 42.2 Å². The van der Waals surface area contributed by atoms with Crippen molar-refractivity contribution < 1.29 is 31.2 Å². The van der Waals surface area contributed by atoms with Crippen molar-refractivity contribution in [3.8, 4) is 0 Å². The van der Waals surface area contributed by atoms with Gasteiger partial charge in [-0.15, -0.1) is 0 Å². The Bertz CT molecular complexity index is 1760. The minimum atomic E-state index is -4.53. The molecule has 14 heteroatoms. The van der Waals surface area contributed by atoms with Crippen LogP contribution in [0.25, 0.3) is 0 Å². The molecule has 0 aliphatic carbocycles. The van der Waals surface area contributed by atoms with E-state index in [-0.39, 0.29) is 55.4 Å². The summed E-state index contributed by atoms with van der Waals surface area (Å²) in [6, 6.07) is 9.98. The Morgan fingerprint density at radius 2 is 1.77 bits per heavy atom. The van der Waals surface area contributed by atoms with E-state index < -0.39 is 33.2 Å². The zero-order valence-corrected chi connectivity index (χ0v) is 26.8. The molecule has 0 atom stereocenters. The van der Waals surface area contributed by atoms with Crippen LogP contribution in [0, 0.1) is 6.92 Å². The van der Waals surface area contributed by atoms with Gasteiger partial charge in [-0.2, -0.15) is 13.2 Å². The number of nitrogens with zero attached hydrogens (tertiary/aromatic N) is 4. The van der Waals surface area contributed by atoms with Crippen LogP contribution in [0.1, 0.15) is 45.5 Å². The van der Waals surface area contributed by atoms with E-state index in [1.165, 1.54) is 16.4 Å². The Hall–Kier alpha value is -4.17. The normalized spacial score (nSPS) is 20.1. The first-order valence-electron chi connectivity index (χ1n) is 15.7. The van der Waals surface area contributed by atoms with Gasteiger partial charge >= 0.3 is 6.18 Å². The van der Waals surface area contributed by atoms with Crippen LogP contribution in [0.5, 0.6) is 0 Å². The van der Waals surface area contributed by atoms with Crippen LogP contribution in [0.15, 0.2) is 71.5 Å². The maximum Gasteiger partial charge on any atom is 0.416 e. The van der Waals surface area contributed by atoms with Crippen LogP contribution in [-0.4, -0.2) is 97.3 Å². The number of alkyl halides is 3. The summed E-state index contributed by atoms with van der Waals surface area (Å²) in [5, 5.41) is 5.95. The molecule has 0 aromatic heterocycles. The summed E-state index contributed by atoms with van der Waals surface area (Å²) >= 11 is 0. The number of amides is 2. The summed E-state index contributed by atoms with van der Waals surface area (Å²) in [6.07, 6.45) is 2.08. The van der Waals surface area contributed by atoms with Crippen LogP contribution >= 0.6 is 0 Å². The smallest absolute Gasteiger partial charge is 0.368 e. The molecule has 2 N–H and O–H groups in total. The van der Waals surface area contributed by atoms with Gasteiger partial charge in [0.15, 0.2) is 0 Å². The number of aryl methyl sites for hydroxylation is 2. The third kappa shape index (κ3) is 6.93. The van der Waals surface area contributed by atoms with Gasteiger partial charge in [-0.3, -0.25) is 14.6 Å². The minimum absolute atomic E-state index is 0.0468. The Balaban J connectivity index is 1.03. The molecule has 2 aromatic rings. The minimum Gasteiger partial charge on any atom is -0.368 e. The molecule has 4 aliphatic rings. The number of aliphatic imine (C=N–C) groups is 1. The van der Waals surface area contributed by atoms with Crippen molar-refractivity contribution in [2.45, 2.75) is 37.9 Å². The third-order valence-electron chi connectivity index (χ3n) is 9.30. The maximum absolute atomic E-state index is 13.3. The molecule has 2 fully saturated rings. The number of benzene rings is 2. The summed E-state index contributed by atoms with van der Waals surface area (Å²) in [6.45, 7) is 5.49. The maximum atomic E-state index is 13.3. The number of piperazine rings is 1. The summed E-state index contributed by atoms with van der Waals surface area (Å²) in [4.78, 5) is 34.7. The Labute approximate surface area is 272 Å². The van der Waals surface area contributed by atoms with Gasteiger partial charge in [0.2, 0.25) is 10.0 Å². The number of sulfonamides is 1. The van der Waals surface area contributed by atoms with Gasteiger partial charge in [-0.05, 0) is 67.7 Å². The molecular formula is C33H37F3N6O4S. The van der Waals surface area contributed by atoms with Gasteiger partial charge < -0.3 is 20.4 Å². The van der Waals surface area contributed by atoms with Crippen molar-refractivity contribution in [3.63, 3.8) is 0 Å². The quantitative estimate of drug-likeness (QED) is 0.469. The topological polar surface area (TPSA) is 114 Å². The second kappa shape index (κ2) is 12.8. The van der Waals surface area contributed by atoms with Crippen LogP contribution in [-0.2, 0) is 27.4 Å². The fourth-order valence-electron chi connectivity index (χ4n) is 6.45. The SMILES string of the molecule is Cc1cc(C(=O)N2CCN(C3=CC=CCN3)CC2)ccc1CCS(=O)(=O)N1CCC2(CC1)N=C(c1cccc(C(F)(F)F)c1)NC2=O. The summed E-state index contributed by atoms with van der Waals surface area (Å²) in [7, 11) is -3.67. The standard InChI is InChI=1S/C33H37F3N6O4S/c1-23-21-26(30(43)41-18-16-40(17-19-41)28-7-2-3-13-37-28)9-8-24(23)10-20-47(45,46)42-14-11-32(12-15-42)31(44)38-29(39-32)25-5-4-6-27(22-25)33(34,35)36/h2-9,21-22,37H,10-20H2,1H3,(H,38,39,44). The van der Waals surface area contributed by atoms with Crippen LogP contribution in [0.4, 0.5) is 13.2 Å². The lowest BCUT2D eigenvalue weighted by atomic mass is 9.89. The number of hydrogen-bond acceptors (Lipinski definition) is 7. The lowest BCUT2D eigenvalue weighted by molar-refractivity contribution is -0.137. The van der Waals surface area contributed by atoms with E-state index in [1.54, 1.807) is 6.07 Å². The first-order valence-corrected chi connectivity index (χ1v) is 17.3. The summed E-state index contributed by atoms with van der Waals surface area (Å²) < 4.78 is 67.5. The highest BCUT2D eigenvalue weighted by molar-refractivity contribution is 7.89. The number of amidine groups is 1. The number of nitrogens with one attached hydrogen (secondary N) is 2. The number of carbonyl (C=O) groups is 2. The summed E-state index contributed by atoms with van der Waals surface area (Å²) in [5.74, 6) is 0.503. The predicted molar refractivity (Wildman–Crippen MR) is 171 cm³/mol. The second-order valence-corrected chi connectivity index (χ2v) is 14.4. The molecule has 47 heavy (non-hydrogen) atoms. The first kappa shape index (κ1) is 32.8. The molecule has 4 aliphatic heterocycles. The molecule has 0 saturated carbocycles. The van der Waals surface area contributed by atoms with Crippen molar-refractivity contribution in [1.82, 2.24) is 24.7 Å². The number of hydrogen-bond donors (Lipinski definition) is 2. The number of dihydropyridines is 1. The zero-order chi connectivity index (χ0) is 33.4. The van der Waals surface area contributed by atoms with Gasteiger partial charge in [0.1, 0.15) is 17.2 Å². The molecule has 0 unspecified atom stereocenters. The highest BCUT2D eigenvalue weighted by atomic mass is 32.2. The predicted octanol–water partition coefficient (Wildman–Crippen LogP) is 3.06. The van der Waals surface area contributed by atoms with E-state index in [2.05, 4.69) is 20.5 Å². The van der Waals surface area contributed by atoms with E-state index in [9.17, 15) is 31.2 Å². The van der Waals surface area contributed by atoms with E-state index in [4.69, 9.17) is 0 Å². The number of allylic oxidation sites excluding steroid dienone is 2. The lowest BCUT2D eigenvalue weighted by Gasteiger charge is -2.37. The van der Waals surface area contributed by atoms with E-state index in [0.29, 0.717) is 18.7 Å². The highest BCUT2D eigenvalue weighted by Gasteiger charge is 2.47. The molecule has 4 heterocycles. The van der Waals surface area contributed by atoms with Gasteiger partial charge in [0.25, 0.3) is 11.8 Å². The number of carbonyl (C=O) groups excluding carboxylic acids is 2. The largest absolute Gasteiger partial charge is 0.416 e. The van der Waals surface area contributed by atoms with Crippen molar-refractivity contribution >= 4 is 27.7 Å². The van der Waals surface area contributed by atoms with Gasteiger partial charge in [-0.1, -0.05) is 30.4 Å². The van der Waals surface area contributed by atoms with E-state index >= 15 is 0 Å². The van der Waals surface area contributed by atoms with Gasteiger partial charge in [0.05, 0.1) is 11.3 Å². The monoisotopic (exact) mass is 670 g/mol. The molecule has 6 rings (SSSR count). The molecule has 250 valence electrons. The first-order chi connectivity index (χ1) is 22.3. The number of halogens is 3. The fourth-order valence-corrected chi connectivity index (χ4v) is 7.92. The van der Waals surface area contributed by atoms with Crippen LogP contribution < -0.4 is 10.6 Å². The Kier molecular flexibility index (Phi) is 8.92. The third-order valence-corrected chi connectivity index (χ3v) is 11.2. The molecule has 10 nitrogen and oxygen atoms in total. The van der Waals surface area contributed by atoms with Crippen LogP contribution in [0.3, 0.4) is 0 Å². The molecule has 1 spiro atoms. The van der Waals surface area contributed by atoms with Crippen LogP contribution in [0.2, 0.25) is 0 Å². The molecule has 2 amide bonds. The van der Waals surface area contributed by atoms with Gasteiger partial charge in [-0.25, -0.2) is 12.7 Å². The molecule has 0 radical (unpaired) electrons. The Morgan fingerprint density at radius 1 is 1.02 bits per heavy atom. The average molecular weight is 671 g/mol. The fraction of sp³-hybridized carbons (Fsp3) is 0.424. The highest BCUT2D eigenvalue weighted by Crippen LogP contribution is 2.34. The number of piperidine rings is 1. The lowest BCUT2D eigenvalue weighted by Crippen LogP contribution is -2.50. The van der Waals surface area contributed by atoms with Gasteiger partial charge in [0, 0.05) is 56.9 Å². The number of rotatable bonds is 7. The van der Waals surface area contributed by atoms with E-state index in [0.717, 1.165) is 48.7 Å². The molecule has 2 aromatic carbocycles. The van der Waals surface area contributed by atoms with Crippen molar-refractivity contribution in [1.29, 1.82) is 0 Å². The zero-order valence-electron chi connectivity index (χ0n) is 26.0.